The van der Waals surface area contributed by atoms with Crippen LogP contribution in [0.5, 0.6) is 0 Å². The summed E-state index contributed by atoms with van der Waals surface area (Å²) in [6.07, 6.45) is -0.271. The number of carboxylic acids is 1. The number of carboxylic acid groups (broad SMARTS) is 1. The fraction of sp³-hybridized carbons (Fsp3) is 0.423. The van der Waals surface area contributed by atoms with Gasteiger partial charge >= 0.3 is 12.1 Å². The van der Waals surface area contributed by atoms with E-state index in [1.54, 1.807) is 32.8 Å². The van der Waals surface area contributed by atoms with Crippen molar-refractivity contribution in [1.82, 2.24) is 15.5 Å². The van der Waals surface area contributed by atoms with Crippen molar-refractivity contribution in [3.63, 3.8) is 0 Å². The minimum Gasteiger partial charge on any atom is -0.480 e. The number of nitrogens with one attached hydrogen (secondary N) is 2. The van der Waals surface area contributed by atoms with E-state index in [1.165, 1.54) is 0 Å². The molecule has 8 nitrogen and oxygen atoms in total. The summed E-state index contributed by atoms with van der Waals surface area (Å²) < 4.78 is 5.57. The van der Waals surface area contributed by atoms with Crippen molar-refractivity contribution < 1.29 is 24.2 Å². The quantitative estimate of drug-likeness (QED) is 0.495. The molecule has 2 aromatic rings. The van der Waals surface area contributed by atoms with Gasteiger partial charge in [-0.15, -0.1) is 0 Å². The molecule has 0 bridgehead atoms. The van der Waals surface area contributed by atoms with Crippen molar-refractivity contribution in [2.45, 2.75) is 44.2 Å². The number of likely N-dealkylation sites (N-methyl/N-ethyl adjacent to an activating group) is 1. The Bertz CT molecular complexity index is 1000. The van der Waals surface area contributed by atoms with Crippen molar-refractivity contribution in [3.8, 4) is 11.1 Å². The van der Waals surface area contributed by atoms with E-state index in [9.17, 15) is 19.5 Å². The van der Waals surface area contributed by atoms with Crippen LogP contribution in [-0.4, -0.2) is 66.8 Å². The Morgan fingerprint density at radius 1 is 1.00 bits per heavy atom. The molecule has 182 valence electrons. The normalized spacial score (nSPS) is 13.7. The van der Waals surface area contributed by atoms with Gasteiger partial charge in [0, 0.05) is 12.5 Å². The van der Waals surface area contributed by atoms with Crippen LogP contribution in [-0.2, 0) is 14.3 Å². The lowest BCUT2D eigenvalue weighted by Crippen LogP contribution is -2.60. The lowest BCUT2D eigenvalue weighted by atomic mass is 9.92. The molecule has 1 aliphatic carbocycles. The predicted molar refractivity (Wildman–Crippen MR) is 130 cm³/mol. The average Bonchev–Trinajstić information content (AvgIpc) is 3.14. The van der Waals surface area contributed by atoms with Gasteiger partial charge in [0.25, 0.3) is 0 Å². The van der Waals surface area contributed by atoms with E-state index < -0.39 is 29.6 Å². The molecule has 0 fully saturated rings. The van der Waals surface area contributed by atoms with E-state index >= 15 is 0 Å². The first kappa shape index (κ1) is 25.2. The average molecular weight is 468 g/mol. The van der Waals surface area contributed by atoms with Crippen LogP contribution in [0.25, 0.3) is 11.1 Å². The van der Waals surface area contributed by atoms with Crippen LogP contribution in [0.15, 0.2) is 48.5 Å². The summed E-state index contributed by atoms with van der Waals surface area (Å²) in [4.78, 5) is 39.2. The van der Waals surface area contributed by atoms with Gasteiger partial charge in [0.1, 0.15) is 18.2 Å². The number of nitrogens with zero attached hydrogens (tertiary/aromatic N) is 1. The van der Waals surface area contributed by atoms with Crippen LogP contribution in [0.1, 0.15) is 43.7 Å². The number of hydrogen-bond donors (Lipinski definition) is 3. The highest BCUT2D eigenvalue weighted by atomic mass is 16.5. The maximum atomic E-state index is 13.0. The van der Waals surface area contributed by atoms with Crippen LogP contribution >= 0.6 is 0 Å². The SMILES string of the molecule is CCC(CC)(NC(=O)[C@H](CN(C)C)NC(=O)OCC1c2ccccc2-c2ccccc21)C(=O)O. The third-order valence-corrected chi connectivity index (χ3v) is 6.48. The van der Waals surface area contributed by atoms with Gasteiger partial charge in [0.15, 0.2) is 0 Å². The van der Waals surface area contributed by atoms with E-state index in [2.05, 4.69) is 22.8 Å². The number of carbonyl (C=O) groups is 3. The molecule has 0 radical (unpaired) electrons. The number of ether oxygens (including phenoxy) is 1. The van der Waals surface area contributed by atoms with Gasteiger partial charge in [-0.05, 0) is 49.2 Å². The Hall–Kier alpha value is -3.39. The smallest absolute Gasteiger partial charge is 0.407 e. The summed E-state index contributed by atoms with van der Waals surface area (Å²) >= 11 is 0. The summed E-state index contributed by atoms with van der Waals surface area (Å²) in [6.45, 7) is 3.73. The maximum absolute atomic E-state index is 13.0. The molecule has 2 amide bonds. The minimum absolute atomic E-state index is 0.0980. The molecule has 3 N–H and O–H groups in total. The van der Waals surface area contributed by atoms with Gasteiger partial charge in [0.2, 0.25) is 5.91 Å². The number of aliphatic carboxylic acids is 1. The molecular formula is C26H33N3O5. The van der Waals surface area contributed by atoms with Gasteiger partial charge < -0.3 is 25.4 Å². The molecule has 0 aromatic heterocycles. The summed E-state index contributed by atoms with van der Waals surface area (Å²) in [5.74, 6) is -1.76. The Labute approximate surface area is 200 Å². The zero-order valence-corrected chi connectivity index (χ0v) is 20.1. The van der Waals surface area contributed by atoms with Gasteiger partial charge in [-0.3, -0.25) is 4.79 Å². The zero-order valence-electron chi connectivity index (χ0n) is 20.1. The molecular weight excluding hydrogens is 434 g/mol. The molecule has 0 saturated carbocycles. The molecule has 3 rings (SSSR count). The third kappa shape index (κ3) is 5.22. The lowest BCUT2D eigenvalue weighted by Gasteiger charge is -2.31. The van der Waals surface area contributed by atoms with E-state index in [0.29, 0.717) is 0 Å². The van der Waals surface area contributed by atoms with E-state index in [1.807, 2.05) is 36.4 Å². The third-order valence-electron chi connectivity index (χ3n) is 6.48. The fourth-order valence-corrected chi connectivity index (χ4v) is 4.45. The zero-order chi connectivity index (χ0) is 24.9. The van der Waals surface area contributed by atoms with Crippen LogP contribution in [0.3, 0.4) is 0 Å². The van der Waals surface area contributed by atoms with Crippen molar-refractivity contribution in [3.05, 3.63) is 59.7 Å². The molecule has 8 heteroatoms. The summed E-state index contributed by atoms with van der Waals surface area (Å²) in [6, 6.07) is 15.1. The van der Waals surface area contributed by atoms with Crippen LogP contribution < -0.4 is 10.6 Å². The summed E-state index contributed by atoms with van der Waals surface area (Å²) in [5.41, 5.74) is 3.06. The van der Waals surface area contributed by atoms with Gasteiger partial charge in [-0.25, -0.2) is 9.59 Å². The summed E-state index contributed by atoms with van der Waals surface area (Å²) in [5, 5.41) is 14.9. The van der Waals surface area contributed by atoms with E-state index in [0.717, 1.165) is 22.3 Å². The molecule has 1 atom stereocenters. The van der Waals surface area contributed by atoms with Crippen molar-refractivity contribution in [1.29, 1.82) is 0 Å². The molecule has 0 aliphatic heterocycles. The molecule has 0 saturated heterocycles. The Balaban J connectivity index is 1.70. The van der Waals surface area contributed by atoms with Crippen LogP contribution in [0.4, 0.5) is 4.79 Å². The van der Waals surface area contributed by atoms with Crippen LogP contribution in [0.2, 0.25) is 0 Å². The highest BCUT2D eigenvalue weighted by Gasteiger charge is 2.38. The molecule has 0 unspecified atom stereocenters. The molecule has 2 aromatic carbocycles. The Kier molecular flexibility index (Phi) is 7.94. The largest absolute Gasteiger partial charge is 0.480 e. The second-order valence-corrected chi connectivity index (χ2v) is 8.87. The van der Waals surface area contributed by atoms with Gasteiger partial charge in [0.05, 0.1) is 0 Å². The van der Waals surface area contributed by atoms with Gasteiger partial charge in [-0.2, -0.15) is 0 Å². The number of alkyl carbamates (subject to hydrolysis) is 1. The van der Waals surface area contributed by atoms with Crippen LogP contribution in [0, 0.1) is 0 Å². The number of benzene rings is 2. The molecule has 0 spiro atoms. The number of carbonyl (C=O) groups excluding carboxylic acids is 2. The standard InChI is InChI=1S/C26H33N3O5/c1-5-26(6-2,24(31)32)28-23(30)22(15-29(3)4)27-25(33)34-16-21-19-13-9-7-11-17(19)18-12-8-10-14-20(18)21/h7-14,21-22H,5-6,15-16H2,1-4H3,(H,27,33)(H,28,30)(H,31,32)/t22-/m0/s1. The summed E-state index contributed by atoms with van der Waals surface area (Å²) in [7, 11) is 3.54. The molecule has 34 heavy (non-hydrogen) atoms. The Morgan fingerprint density at radius 3 is 2.00 bits per heavy atom. The first-order chi connectivity index (χ1) is 16.2. The van der Waals surface area contributed by atoms with Crippen molar-refractivity contribution in [2.75, 3.05) is 27.2 Å². The number of rotatable bonds is 10. The molecule has 1 aliphatic rings. The first-order valence-electron chi connectivity index (χ1n) is 11.5. The lowest BCUT2D eigenvalue weighted by molar-refractivity contribution is -0.148. The number of hydrogen-bond acceptors (Lipinski definition) is 5. The maximum Gasteiger partial charge on any atom is 0.407 e. The highest BCUT2D eigenvalue weighted by Crippen LogP contribution is 2.44. The fourth-order valence-electron chi connectivity index (χ4n) is 4.45. The van der Waals surface area contributed by atoms with Crippen molar-refractivity contribution in [2.24, 2.45) is 0 Å². The second-order valence-electron chi connectivity index (χ2n) is 8.87. The van der Waals surface area contributed by atoms with E-state index in [4.69, 9.17) is 4.74 Å². The van der Waals surface area contributed by atoms with E-state index in [-0.39, 0.29) is 31.9 Å². The predicted octanol–water partition coefficient (Wildman–Crippen LogP) is 3.21. The van der Waals surface area contributed by atoms with Gasteiger partial charge in [-0.1, -0.05) is 62.4 Å². The Morgan fingerprint density at radius 2 is 1.53 bits per heavy atom. The number of fused-ring (bicyclic) bond motifs is 3. The monoisotopic (exact) mass is 467 g/mol. The topological polar surface area (TPSA) is 108 Å². The highest BCUT2D eigenvalue weighted by molar-refractivity contribution is 5.91. The second kappa shape index (κ2) is 10.7. The molecule has 0 heterocycles. The first-order valence-corrected chi connectivity index (χ1v) is 11.5. The van der Waals surface area contributed by atoms with Crippen molar-refractivity contribution >= 4 is 18.0 Å². The number of amides is 2. The minimum atomic E-state index is -1.38.